The van der Waals surface area contributed by atoms with Crippen molar-refractivity contribution >= 4 is 16.5 Å². The Morgan fingerprint density at radius 1 is 1.79 bits per heavy atom. The molecule has 1 aromatic rings. The highest BCUT2D eigenvalue weighted by Gasteiger charge is 2.36. The van der Waals surface area contributed by atoms with Crippen molar-refractivity contribution in [2.75, 3.05) is 18.8 Å². The minimum absolute atomic E-state index is 0.266. The van der Waals surface area contributed by atoms with Crippen LogP contribution in [0.5, 0.6) is 0 Å². The van der Waals surface area contributed by atoms with Crippen LogP contribution in [0.3, 0.4) is 0 Å². The number of nitrogens with two attached hydrogens (primary N) is 1. The number of hydrogen-bond acceptors (Lipinski definition) is 5. The summed E-state index contributed by atoms with van der Waals surface area (Å²) >= 11 is 1.37. The number of rotatable bonds is 2. The first-order valence-corrected chi connectivity index (χ1v) is 5.57. The summed E-state index contributed by atoms with van der Waals surface area (Å²) in [4.78, 5) is 4.83. The molecule has 2 heterocycles. The van der Waals surface area contributed by atoms with Crippen molar-refractivity contribution in [1.82, 2.24) is 10.3 Å². The topological polar surface area (TPSA) is 71.2 Å². The maximum absolute atomic E-state index is 10.4. The molecule has 0 aromatic carbocycles. The molecule has 0 radical (unpaired) electrons. The number of nitrogens with zero attached hydrogens (tertiary/aromatic N) is 1. The van der Waals surface area contributed by atoms with Crippen LogP contribution in [0.4, 0.5) is 5.13 Å². The van der Waals surface area contributed by atoms with Gasteiger partial charge in [-0.3, -0.25) is 0 Å². The summed E-state index contributed by atoms with van der Waals surface area (Å²) in [6, 6.07) is 0. The Hall–Kier alpha value is -0.650. The Labute approximate surface area is 87.2 Å². The van der Waals surface area contributed by atoms with Crippen molar-refractivity contribution in [2.24, 2.45) is 5.92 Å². The SMILES string of the molecule is CC(O)(c1cnc(N)s1)C1CCNC1. The van der Waals surface area contributed by atoms with Gasteiger partial charge in [-0.05, 0) is 19.9 Å². The molecule has 0 bridgehead atoms. The Kier molecular flexibility index (Phi) is 2.47. The van der Waals surface area contributed by atoms with E-state index in [1.165, 1.54) is 11.3 Å². The smallest absolute Gasteiger partial charge is 0.180 e. The quantitative estimate of drug-likeness (QED) is 0.670. The molecule has 0 amide bonds. The number of aliphatic hydroxyl groups is 1. The molecule has 0 spiro atoms. The van der Waals surface area contributed by atoms with Crippen molar-refractivity contribution in [3.05, 3.63) is 11.1 Å². The normalized spacial score (nSPS) is 26.3. The van der Waals surface area contributed by atoms with E-state index < -0.39 is 5.60 Å². The van der Waals surface area contributed by atoms with Crippen molar-refractivity contribution < 1.29 is 5.11 Å². The first-order chi connectivity index (χ1) is 6.60. The van der Waals surface area contributed by atoms with E-state index in [2.05, 4.69) is 10.3 Å². The molecular formula is C9H15N3OS. The van der Waals surface area contributed by atoms with Gasteiger partial charge in [0.15, 0.2) is 5.13 Å². The van der Waals surface area contributed by atoms with Crippen LogP contribution in [0.2, 0.25) is 0 Å². The molecule has 1 aliphatic heterocycles. The summed E-state index contributed by atoms with van der Waals surface area (Å²) in [5, 5.41) is 14.1. The van der Waals surface area contributed by atoms with Crippen LogP contribution >= 0.6 is 11.3 Å². The molecule has 4 nitrogen and oxygen atoms in total. The minimum atomic E-state index is -0.793. The molecule has 2 atom stereocenters. The zero-order chi connectivity index (χ0) is 10.2. The maximum atomic E-state index is 10.4. The van der Waals surface area contributed by atoms with Crippen LogP contribution in [0, 0.1) is 5.92 Å². The van der Waals surface area contributed by atoms with Crippen molar-refractivity contribution in [1.29, 1.82) is 0 Å². The van der Waals surface area contributed by atoms with Crippen LogP contribution in [0.1, 0.15) is 18.2 Å². The molecule has 2 rings (SSSR count). The summed E-state index contributed by atoms with van der Waals surface area (Å²) in [7, 11) is 0. The average Bonchev–Trinajstić information content (AvgIpc) is 2.72. The predicted octanol–water partition coefficient (Wildman–Crippen LogP) is 0.542. The van der Waals surface area contributed by atoms with Gasteiger partial charge in [0.2, 0.25) is 0 Å². The van der Waals surface area contributed by atoms with E-state index in [1.54, 1.807) is 6.20 Å². The fourth-order valence-corrected chi connectivity index (χ4v) is 2.67. The number of nitrogen functional groups attached to an aromatic ring is 1. The molecule has 1 saturated heterocycles. The van der Waals surface area contributed by atoms with Crippen LogP contribution in [0.15, 0.2) is 6.20 Å². The van der Waals surface area contributed by atoms with Gasteiger partial charge in [0.05, 0.1) is 4.88 Å². The second-order valence-corrected chi connectivity index (χ2v) is 4.96. The summed E-state index contributed by atoms with van der Waals surface area (Å²) in [6.45, 7) is 3.69. The van der Waals surface area contributed by atoms with E-state index in [0.29, 0.717) is 5.13 Å². The van der Waals surface area contributed by atoms with Crippen LogP contribution < -0.4 is 11.1 Å². The zero-order valence-electron chi connectivity index (χ0n) is 8.16. The number of thiazole rings is 1. The van der Waals surface area contributed by atoms with Gasteiger partial charge in [-0.2, -0.15) is 0 Å². The van der Waals surface area contributed by atoms with Crippen molar-refractivity contribution in [3.63, 3.8) is 0 Å². The summed E-state index contributed by atoms with van der Waals surface area (Å²) in [5.41, 5.74) is 4.76. The third-order valence-corrected chi connectivity index (χ3v) is 3.93. The molecule has 2 unspecified atom stereocenters. The molecule has 0 saturated carbocycles. The molecule has 1 aliphatic rings. The lowest BCUT2D eigenvalue weighted by molar-refractivity contribution is 0.00550. The van der Waals surface area contributed by atoms with Crippen molar-refractivity contribution in [2.45, 2.75) is 18.9 Å². The Morgan fingerprint density at radius 2 is 2.57 bits per heavy atom. The van der Waals surface area contributed by atoms with Crippen LogP contribution in [-0.2, 0) is 5.60 Å². The van der Waals surface area contributed by atoms with E-state index >= 15 is 0 Å². The standard InChI is InChI=1S/C9H15N3OS/c1-9(13,6-2-3-11-4-6)7-5-12-8(10)14-7/h5-6,11,13H,2-4H2,1H3,(H2,10,12). The van der Waals surface area contributed by atoms with E-state index in [-0.39, 0.29) is 5.92 Å². The fourth-order valence-electron chi connectivity index (χ4n) is 1.86. The van der Waals surface area contributed by atoms with Gasteiger partial charge >= 0.3 is 0 Å². The predicted molar refractivity (Wildman–Crippen MR) is 57.1 cm³/mol. The maximum Gasteiger partial charge on any atom is 0.180 e. The monoisotopic (exact) mass is 213 g/mol. The van der Waals surface area contributed by atoms with Gasteiger partial charge in [-0.1, -0.05) is 11.3 Å². The van der Waals surface area contributed by atoms with Gasteiger partial charge < -0.3 is 16.2 Å². The van der Waals surface area contributed by atoms with Gasteiger partial charge in [0.25, 0.3) is 0 Å². The summed E-state index contributed by atoms with van der Waals surface area (Å²) < 4.78 is 0. The summed E-state index contributed by atoms with van der Waals surface area (Å²) in [6.07, 6.45) is 2.68. The van der Waals surface area contributed by atoms with Crippen LogP contribution in [0.25, 0.3) is 0 Å². The Bertz CT molecular complexity index is 318. The zero-order valence-corrected chi connectivity index (χ0v) is 8.97. The molecule has 4 N–H and O–H groups in total. The lowest BCUT2D eigenvalue weighted by atomic mass is 9.87. The second kappa shape index (κ2) is 3.49. The largest absolute Gasteiger partial charge is 0.384 e. The van der Waals surface area contributed by atoms with Gasteiger partial charge in [0, 0.05) is 18.7 Å². The Morgan fingerprint density at radius 3 is 3.07 bits per heavy atom. The van der Waals surface area contributed by atoms with Gasteiger partial charge in [-0.25, -0.2) is 4.98 Å². The molecule has 14 heavy (non-hydrogen) atoms. The molecule has 78 valence electrons. The van der Waals surface area contributed by atoms with E-state index in [1.807, 2.05) is 6.92 Å². The van der Waals surface area contributed by atoms with Gasteiger partial charge in [0.1, 0.15) is 5.60 Å². The number of nitrogens with one attached hydrogen (secondary N) is 1. The third kappa shape index (κ3) is 1.63. The van der Waals surface area contributed by atoms with Crippen molar-refractivity contribution in [3.8, 4) is 0 Å². The fraction of sp³-hybridized carbons (Fsp3) is 0.667. The lowest BCUT2D eigenvalue weighted by Crippen LogP contribution is -2.32. The first kappa shape index (κ1) is 9.89. The van der Waals surface area contributed by atoms with Crippen LogP contribution in [-0.4, -0.2) is 23.2 Å². The highest BCUT2D eigenvalue weighted by atomic mass is 32.1. The number of aromatic nitrogens is 1. The third-order valence-electron chi connectivity index (χ3n) is 2.88. The molecular weight excluding hydrogens is 198 g/mol. The first-order valence-electron chi connectivity index (χ1n) is 4.75. The van der Waals surface area contributed by atoms with Gasteiger partial charge in [-0.15, -0.1) is 0 Å². The molecule has 1 fully saturated rings. The van der Waals surface area contributed by atoms with E-state index in [0.717, 1.165) is 24.4 Å². The van der Waals surface area contributed by atoms with E-state index in [9.17, 15) is 5.11 Å². The highest BCUT2D eigenvalue weighted by Crippen LogP contribution is 2.36. The average molecular weight is 213 g/mol. The van der Waals surface area contributed by atoms with E-state index in [4.69, 9.17) is 5.73 Å². The molecule has 5 heteroatoms. The summed E-state index contributed by atoms with van der Waals surface area (Å²) in [5.74, 6) is 0.266. The lowest BCUT2D eigenvalue weighted by Gasteiger charge is -2.27. The number of hydrogen-bond donors (Lipinski definition) is 3. The Balaban J connectivity index is 2.22. The highest BCUT2D eigenvalue weighted by molar-refractivity contribution is 7.15. The molecule has 1 aromatic heterocycles. The second-order valence-electron chi connectivity index (χ2n) is 3.90. The minimum Gasteiger partial charge on any atom is -0.384 e. The number of anilines is 1. The molecule has 0 aliphatic carbocycles.